The van der Waals surface area contributed by atoms with Crippen molar-refractivity contribution in [3.05, 3.63) is 29.8 Å². The number of carboxylic acids is 1. The number of hydrogen-bond donors (Lipinski definition) is 2. The lowest BCUT2D eigenvalue weighted by atomic mass is 9.74. The molecule has 0 aliphatic carbocycles. The van der Waals surface area contributed by atoms with Crippen LogP contribution in [0.5, 0.6) is 5.75 Å². The first kappa shape index (κ1) is 20.3. The number of carbonyl (C=O) groups is 1. The summed E-state index contributed by atoms with van der Waals surface area (Å²) < 4.78 is 31.7. The number of phenolic OH excluding ortho intramolecular Hbond substituents is 1. The maximum Gasteiger partial charge on any atom is 0.490 e. The van der Waals surface area contributed by atoms with Gasteiger partial charge in [-0.1, -0.05) is 25.5 Å². The summed E-state index contributed by atoms with van der Waals surface area (Å²) in [7, 11) is 2.21. The van der Waals surface area contributed by atoms with Crippen LogP contribution in [0.15, 0.2) is 24.3 Å². The van der Waals surface area contributed by atoms with E-state index in [1.165, 1.54) is 31.4 Å². The second kappa shape index (κ2) is 8.37. The number of rotatable bonds is 2. The highest BCUT2D eigenvalue weighted by molar-refractivity contribution is 5.73. The van der Waals surface area contributed by atoms with Gasteiger partial charge in [-0.2, -0.15) is 13.2 Å². The van der Waals surface area contributed by atoms with Crippen LogP contribution in [0.3, 0.4) is 0 Å². The van der Waals surface area contributed by atoms with E-state index >= 15 is 0 Å². The molecule has 1 saturated heterocycles. The zero-order valence-electron chi connectivity index (χ0n) is 13.9. The number of phenols is 1. The van der Waals surface area contributed by atoms with E-state index in [0.29, 0.717) is 5.75 Å². The summed E-state index contributed by atoms with van der Waals surface area (Å²) in [5.74, 6) is -2.37. The first-order valence-corrected chi connectivity index (χ1v) is 7.89. The summed E-state index contributed by atoms with van der Waals surface area (Å²) in [6.07, 6.45) is -0.136. The van der Waals surface area contributed by atoms with Crippen molar-refractivity contribution >= 4 is 5.97 Å². The number of alkyl halides is 3. The fraction of sp³-hybridized carbons (Fsp3) is 0.588. The van der Waals surface area contributed by atoms with Crippen LogP contribution in [0, 0.1) is 0 Å². The van der Waals surface area contributed by atoms with Crippen LogP contribution in [-0.4, -0.2) is 47.4 Å². The molecule has 1 fully saturated rings. The van der Waals surface area contributed by atoms with Crippen LogP contribution in [0.2, 0.25) is 0 Å². The molecular weight excluding hydrogens is 323 g/mol. The maximum atomic E-state index is 10.6. The Balaban J connectivity index is 0.000000351. The molecule has 2 N–H and O–H groups in total. The molecule has 0 spiro atoms. The summed E-state index contributed by atoms with van der Waals surface area (Å²) in [5.41, 5.74) is 1.53. The number of hydrogen-bond acceptors (Lipinski definition) is 3. The van der Waals surface area contributed by atoms with Gasteiger partial charge in [0.2, 0.25) is 0 Å². The van der Waals surface area contributed by atoms with E-state index in [9.17, 15) is 18.3 Å². The van der Waals surface area contributed by atoms with Crippen molar-refractivity contribution < 1.29 is 28.2 Å². The van der Waals surface area contributed by atoms with Crippen molar-refractivity contribution in [2.45, 2.75) is 44.2 Å². The van der Waals surface area contributed by atoms with Gasteiger partial charge in [0.15, 0.2) is 0 Å². The molecule has 4 nitrogen and oxygen atoms in total. The molecule has 24 heavy (non-hydrogen) atoms. The molecular formula is C17H24F3NO3. The van der Waals surface area contributed by atoms with Crippen molar-refractivity contribution in [1.29, 1.82) is 0 Å². The zero-order chi connectivity index (χ0) is 18.4. The molecule has 7 heteroatoms. The predicted octanol–water partition coefficient (Wildman–Crippen LogP) is 3.79. The van der Waals surface area contributed by atoms with E-state index in [1.54, 1.807) is 6.07 Å². The van der Waals surface area contributed by atoms with Crippen LogP contribution in [0.25, 0.3) is 0 Å². The Bertz CT molecular complexity index is 548. The van der Waals surface area contributed by atoms with Crippen LogP contribution < -0.4 is 0 Å². The van der Waals surface area contributed by atoms with E-state index in [4.69, 9.17) is 9.90 Å². The van der Waals surface area contributed by atoms with Gasteiger partial charge in [-0.3, -0.25) is 0 Å². The van der Waals surface area contributed by atoms with Crippen molar-refractivity contribution in [2.24, 2.45) is 0 Å². The summed E-state index contributed by atoms with van der Waals surface area (Å²) >= 11 is 0. The Morgan fingerprint density at radius 1 is 1.33 bits per heavy atom. The Hall–Kier alpha value is -1.76. The number of likely N-dealkylation sites (tertiary alicyclic amines) is 1. The molecule has 136 valence electrons. The molecule has 1 atom stereocenters. The highest BCUT2D eigenvalue weighted by Crippen LogP contribution is 2.37. The summed E-state index contributed by atoms with van der Waals surface area (Å²) in [6, 6.07) is 7.84. The third-order valence-electron chi connectivity index (χ3n) is 4.40. The van der Waals surface area contributed by atoms with Gasteiger partial charge >= 0.3 is 12.1 Å². The molecule has 1 aliphatic rings. The molecule has 2 rings (SSSR count). The predicted molar refractivity (Wildman–Crippen MR) is 85.1 cm³/mol. The number of likely N-dealkylation sites (N-methyl/N-ethyl adjacent to an activating group) is 1. The number of carboxylic acid groups (broad SMARTS) is 1. The van der Waals surface area contributed by atoms with Crippen molar-refractivity contribution in [2.75, 3.05) is 20.1 Å². The molecule has 0 radical (unpaired) electrons. The van der Waals surface area contributed by atoms with Gasteiger partial charge in [0.1, 0.15) is 5.75 Å². The second-order valence-corrected chi connectivity index (χ2v) is 6.18. The first-order chi connectivity index (χ1) is 11.1. The molecule has 1 aliphatic heterocycles. The lowest BCUT2D eigenvalue weighted by molar-refractivity contribution is -0.192. The van der Waals surface area contributed by atoms with Crippen molar-refractivity contribution in [3.63, 3.8) is 0 Å². The number of benzene rings is 1. The summed E-state index contributed by atoms with van der Waals surface area (Å²) in [4.78, 5) is 11.3. The quantitative estimate of drug-likeness (QED) is 0.854. The van der Waals surface area contributed by atoms with Gasteiger partial charge in [0.25, 0.3) is 0 Å². The number of halogens is 3. The average Bonchev–Trinajstić information content (AvgIpc) is 2.69. The topological polar surface area (TPSA) is 60.8 Å². The Morgan fingerprint density at radius 3 is 2.46 bits per heavy atom. The van der Waals surface area contributed by atoms with Gasteiger partial charge in [-0.25, -0.2) is 4.79 Å². The van der Waals surface area contributed by atoms with Gasteiger partial charge in [0.05, 0.1) is 0 Å². The lowest BCUT2D eigenvalue weighted by Crippen LogP contribution is -2.37. The molecule has 1 aromatic carbocycles. The molecule has 1 aromatic rings. The van der Waals surface area contributed by atoms with Crippen LogP contribution >= 0.6 is 0 Å². The number of aromatic hydroxyl groups is 1. The van der Waals surface area contributed by atoms with Crippen molar-refractivity contribution in [3.8, 4) is 5.75 Å². The fourth-order valence-corrected chi connectivity index (χ4v) is 3.08. The first-order valence-electron chi connectivity index (χ1n) is 7.89. The molecule has 0 saturated carbocycles. The van der Waals surface area contributed by atoms with Gasteiger partial charge in [-0.15, -0.1) is 0 Å². The third kappa shape index (κ3) is 5.70. The SMILES string of the molecule is CCC1(c2cccc(O)c2)CCCCN(C)C1.O=C(O)C(F)(F)F. The van der Waals surface area contributed by atoms with E-state index in [-0.39, 0.29) is 5.41 Å². The minimum Gasteiger partial charge on any atom is -0.508 e. The Kier molecular flexibility index (Phi) is 7.08. The highest BCUT2D eigenvalue weighted by atomic mass is 19.4. The van der Waals surface area contributed by atoms with Crippen molar-refractivity contribution in [1.82, 2.24) is 4.90 Å². The minimum absolute atomic E-state index is 0.226. The van der Waals surface area contributed by atoms with Gasteiger partial charge in [0, 0.05) is 12.0 Å². The summed E-state index contributed by atoms with van der Waals surface area (Å²) in [6.45, 7) is 4.57. The molecule has 0 bridgehead atoms. The average molecular weight is 347 g/mol. The van der Waals surface area contributed by atoms with E-state index < -0.39 is 12.1 Å². The Labute approximate surface area is 139 Å². The monoisotopic (exact) mass is 347 g/mol. The van der Waals surface area contributed by atoms with Gasteiger partial charge in [-0.05, 0) is 50.6 Å². The smallest absolute Gasteiger partial charge is 0.490 e. The number of aliphatic carboxylic acids is 1. The fourth-order valence-electron chi connectivity index (χ4n) is 3.08. The highest BCUT2D eigenvalue weighted by Gasteiger charge is 2.38. The summed E-state index contributed by atoms with van der Waals surface area (Å²) in [5, 5.41) is 16.8. The standard InChI is InChI=1S/C15H23NO.C2HF3O2/c1-3-15(9-4-5-10-16(2)12-15)13-7-6-8-14(17)11-13;3-2(4,5)1(6)7/h6-8,11,17H,3-5,9-10,12H2,1-2H3;(H,6,7). The normalized spacial score (nSPS) is 22.2. The Morgan fingerprint density at radius 2 is 1.96 bits per heavy atom. The number of nitrogens with zero attached hydrogens (tertiary/aromatic N) is 1. The third-order valence-corrected chi connectivity index (χ3v) is 4.40. The maximum absolute atomic E-state index is 10.6. The largest absolute Gasteiger partial charge is 0.508 e. The molecule has 1 unspecified atom stereocenters. The minimum atomic E-state index is -5.08. The van der Waals surface area contributed by atoms with Crippen LogP contribution in [0.4, 0.5) is 13.2 Å². The van der Waals surface area contributed by atoms with E-state index in [2.05, 4.69) is 24.9 Å². The molecule has 0 amide bonds. The second-order valence-electron chi connectivity index (χ2n) is 6.18. The lowest BCUT2D eigenvalue weighted by Gasteiger charge is -2.35. The molecule has 0 aromatic heterocycles. The van der Waals surface area contributed by atoms with Gasteiger partial charge < -0.3 is 15.1 Å². The van der Waals surface area contributed by atoms with E-state index in [0.717, 1.165) is 13.0 Å². The zero-order valence-corrected chi connectivity index (χ0v) is 13.9. The van der Waals surface area contributed by atoms with E-state index in [1.807, 2.05) is 12.1 Å². The van der Waals surface area contributed by atoms with Crippen LogP contribution in [-0.2, 0) is 10.2 Å². The molecule has 1 heterocycles. The van der Waals surface area contributed by atoms with Crippen LogP contribution in [0.1, 0.15) is 38.2 Å².